The van der Waals surface area contributed by atoms with Crippen LogP contribution in [0.3, 0.4) is 0 Å². The molecule has 0 aliphatic rings. The normalized spacial score (nSPS) is 12.2. The van der Waals surface area contributed by atoms with Gasteiger partial charge in [-0.2, -0.15) is 5.10 Å². The van der Waals surface area contributed by atoms with Gasteiger partial charge >= 0.3 is 5.97 Å². The lowest BCUT2D eigenvalue weighted by Gasteiger charge is -2.16. The average Bonchev–Trinajstić information content (AvgIpc) is 2.43. The largest absolute Gasteiger partial charge is 0.478 e. The van der Waals surface area contributed by atoms with Gasteiger partial charge in [0.15, 0.2) is 5.82 Å². The molecule has 0 aromatic carbocycles. The monoisotopic (exact) mass is 281 g/mol. The van der Waals surface area contributed by atoms with Gasteiger partial charge in [0.2, 0.25) is 0 Å². The van der Waals surface area contributed by atoms with Gasteiger partial charge in [0.1, 0.15) is 5.56 Å². The maximum Gasteiger partial charge on any atom is 0.339 e. The highest BCUT2D eigenvalue weighted by atomic mass is 16.5. The second-order valence-corrected chi connectivity index (χ2v) is 4.80. The van der Waals surface area contributed by atoms with Crippen LogP contribution < -0.4 is 5.32 Å². The van der Waals surface area contributed by atoms with Crippen molar-refractivity contribution in [1.29, 1.82) is 0 Å². The van der Waals surface area contributed by atoms with Crippen LogP contribution in [0.1, 0.15) is 42.4 Å². The molecule has 1 unspecified atom stereocenters. The number of anilines is 1. The van der Waals surface area contributed by atoms with Gasteiger partial charge in [0.05, 0.1) is 12.3 Å². The Morgan fingerprint density at radius 1 is 1.35 bits per heavy atom. The van der Waals surface area contributed by atoms with Crippen LogP contribution in [-0.4, -0.2) is 41.5 Å². The first kappa shape index (κ1) is 16.4. The maximum absolute atomic E-state index is 11.5. The standard InChI is InChI=1S/C14H23N3O3/c1-5-10-11(6-2)16-17-13(12(10)14(18)19)15-7-9(3)8-20-4/h9H,5-8H2,1-4H3,(H,15,17)(H,18,19). The van der Waals surface area contributed by atoms with Crippen LogP contribution in [0.4, 0.5) is 5.82 Å². The van der Waals surface area contributed by atoms with Crippen molar-refractivity contribution in [3.8, 4) is 0 Å². The Hall–Kier alpha value is -1.69. The number of ether oxygens (including phenoxy) is 1. The van der Waals surface area contributed by atoms with E-state index in [1.54, 1.807) is 7.11 Å². The summed E-state index contributed by atoms with van der Waals surface area (Å²) in [5.41, 5.74) is 1.75. The van der Waals surface area contributed by atoms with Gasteiger partial charge in [-0.25, -0.2) is 4.79 Å². The molecular weight excluding hydrogens is 258 g/mol. The van der Waals surface area contributed by atoms with E-state index in [4.69, 9.17) is 4.74 Å². The number of rotatable bonds is 8. The van der Waals surface area contributed by atoms with E-state index in [2.05, 4.69) is 15.5 Å². The van der Waals surface area contributed by atoms with Crippen LogP contribution in [0.25, 0.3) is 0 Å². The molecule has 0 aliphatic carbocycles. The van der Waals surface area contributed by atoms with E-state index >= 15 is 0 Å². The summed E-state index contributed by atoms with van der Waals surface area (Å²) in [6, 6.07) is 0. The zero-order valence-electron chi connectivity index (χ0n) is 12.6. The molecule has 6 heteroatoms. The fourth-order valence-corrected chi connectivity index (χ4v) is 2.14. The van der Waals surface area contributed by atoms with E-state index < -0.39 is 5.97 Å². The van der Waals surface area contributed by atoms with Crippen LogP contribution in [-0.2, 0) is 17.6 Å². The molecule has 0 saturated carbocycles. The van der Waals surface area contributed by atoms with Crippen molar-refractivity contribution in [3.63, 3.8) is 0 Å². The number of aryl methyl sites for hydroxylation is 1. The number of hydrogen-bond donors (Lipinski definition) is 2. The Kier molecular flexibility index (Phi) is 6.38. The predicted molar refractivity (Wildman–Crippen MR) is 77.3 cm³/mol. The Balaban J connectivity index is 3.04. The summed E-state index contributed by atoms with van der Waals surface area (Å²) in [7, 11) is 1.64. The second kappa shape index (κ2) is 7.79. The van der Waals surface area contributed by atoms with E-state index in [-0.39, 0.29) is 11.5 Å². The topological polar surface area (TPSA) is 84.3 Å². The van der Waals surface area contributed by atoms with Crippen molar-refractivity contribution >= 4 is 11.8 Å². The Morgan fingerprint density at radius 3 is 2.55 bits per heavy atom. The van der Waals surface area contributed by atoms with Crippen LogP contribution in [0, 0.1) is 5.92 Å². The van der Waals surface area contributed by atoms with Gasteiger partial charge in [0, 0.05) is 13.7 Å². The molecule has 0 fully saturated rings. The summed E-state index contributed by atoms with van der Waals surface area (Å²) in [6.45, 7) is 7.10. The van der Waals surface area contributed by atoms with Crippen LogP contribution in [0.2, 0.25) is 0 Å². The minimum absolute atomic E-state index is 0.240. The fourth-order valence-electron chi connectivity index (χ4n) is 2.14. The van der Waals surface area contributed by atoms with Crippen molar-refractivity contribution in [2.45, 2.75) is 33.6 Å². The van der Waals surface area contributed by atoms with Gasteiger partial charge in [-0.3, -0.25) is 0 Å². The number of carbonyl (C=O) groups is 1. The second-order valence-electron chi connectivity index (χ2n) is 4.80. The Bertz CT molecular complexity index is 463. The minimum atomic E-state index is -0.964. The Labute approximate surface area is 119 Å². The fraction of sp³-hybridized carbons (Fsp3) is 0.643. The summed E-state index contributed by atoms with van der Waals surface area (Å²) < 4.78 is 5.06. The molecule has 0 spiro atoms. The molecule has 1 atom stereocenters. The Morgan fingerprint density at radius 2 is 2.05 bits per heavy atom. The quantitative estimate of drug-likeness (QED) is 0.758. The molecule has 0 saturated heterocycles. The lowest BCUT2D eigenvalue weighted by Crippen LogP contribution is -2.20. The van der Waals surface area contributed by atoms with E-state index in [9.17, 15) is 9.90 Å². The third kappa shape index (κ3) is 3.90. The summed E-state index contributed by atoms with van der Waals surface area (Å²) >= 11 is 0. The molecule has 1 rings (SSSR count). The SMILES string of the molecule is CCc1nnc(NCC(C)COC)c(C(=O)O)c1CC. The zero-order chi connectivity index (χ0) is 15.1. The molecule has 1 heterocycles. The highest BCUT2D eigenvalue weighted by Gasteiger charge is 2.20. The summed E-state index contributed by atoms with van der Waals surface area (Å²) in [4.78, 5) is 11.5. The number of hydrogen-bond acceptors (Lipinski definition) is 5. The molecule has 6 nitrogen and oxygen atoms in total. The molecule has 20 heavy (non-hydrogen) atoms. The van der Waals surface area contributed by atoms with E-state index in [1.807, 2.05) is 20.8 Å². The number of carboxylic acids is 1. The molecule has 2 N–H and O–H groups in total. The molecule has 0 amide bonds. The lowest BCUT2D eigenvalue weighted by atomic mass is 10.0. The highest BCUT2D eigenvalue weighted by molar-refractivity contribution is 5.95. The van der Waals surface area contributed by atoms with Crippen LogP contribution >= 0.6 is 0 Å². The van der Waals surface area contributed by atoms with Crippen molar-refractivity contribution in [2.24, 2.45) is 5.92 Å². The zero-order valence-corrected chi connectivity index (χ0v) is 12.6. The number of methoxy groups -OCH3 is 1. The third-order valence-corrected chi connectivity index (χ3v) is 3.13. The predicted octanol–water partition coefficient (Wildman–Crippen LogP) is 1.99. The molecular formula is C14H23N3O3. The molecule has 112 valence electrons. The number of aromatic nitrogens is 2. The van der Waals surface area contributed by atoms with Crippen molar-refractivity contribution in [3.05, 3.63) is 16.8 Å². The van der Waals surface area contributed by atoms with E-state index in [1.165, 1.54) is 0 Å². The average molecular weight is 281 g/mol. The summed E-state index contributed by atoms with van der Waals surface area (Å²) in [5, 5.41) is 20.7. The highest BCUT2D eigenvalue weighted by Crippen LogP contribution is 2.21. The van der Waals surface area contributed by atoms with Crippen molar-refractivity contribution in [1.82, 2.24) is 10.2 Å². The van der Waals surface area contributed by atoms with Crippen molar-refractivity contribution in [2.75, 3.05) is 25.6 Å². The maximum atomic E-state index is 11.5. The number of nitrogens with one attached hydrogen (secondary N) is 1. The first-order chi connectivity index (χ1) is 9.54. The van der Waals surface area contributed by atoms with Gasteiger partial charge in [0.25, 0.3) is 0 Å². The van der Waals surface area contributed by atoms with Crippen LogP contribution in [0.15, 0.2) is 0 Å². The molecule has 0 bridgehead atoms. The molecule has 1 aromatic heterocycles. The van der Waals surface area contributed by atoms with Crippen LogP contribution in [0.5, 0.6) is 0 Å². The summed E-state index contributed by atoms with van der Waals surface area (Å²) in [5.74, 6) is -0.359. The van der Waals surface area contributed by atoms with Gasteiger partial charge in [-0.1, -0.05) is 20.8 Å². The van der Waals surface area contributed by atoms with Gasteiger partial charge in [-0.05, 0) is 24.3 Å². The smallest absolute Gasteiger partial charge is 0.339 e. The number of carboxylic acid groups (broad SMARTS) is 1. The lowest BCUT2D eigenvalue weighted by molar-refractivity contribution is 0.0696. The van der Waals surface area contributed by atoms with E-state index in [0.29, 0.717) is 31.8 Å². The molecule has 1 aromatic rings. The van der Waals surface area contributed by atoms with Crippen molar-refractivity contribution < 1.29 is 14.6 Å². The first-order valence-corrected chi connectivity index (χ1v) is 6.89. The first-order valence-electron chi connectivity index (χ1n) is 6.89. The number of nitrogens with zero attached hydrogens (tertiary/aromatic N) is 2. The molecule has 0 radical (unpaired) electrons. The van der Waals surface area contributed by atoms with E-state index in [0.717, 1.165) is 11.3 Å². The summed E-state index contributed by atoms with van der Waals surface area (Å²) in [6.07, 6.45) is 1.31. The van der Waals surface area contributed by atoms with Gasteiger partial charge in [-0.15, -0.1) is 5.10 Å². The van der Waals surface area contributed by atoms with Gasteiger partial charge < -0.3 is 15.2 Å². The number of aromatic carboxylic acids is 1. The third-order valence-electron chi connectivity index (χ3n) is 3.13. The minimum Gasteiger partial charge on any atom is -0.478 e. The molecule has 0 aliphatic heterocycles.